The smallest absolute Gasteiger partial charge is 0.248 e. The van der Waals surface area contributed by atoms with Crippen molar-refractivity contribution in [1.29, 1.82) is 0 Å². The number of benzene rings is 1. The summed E-state index contributed by atoms with van der Waals surface area (Å²) in [6.07, 6.45) is 3.17. The number of nitrogens with one attached hydrogen (secondary N) is 1. The maximum absolute atomic E-state index is 12.8. The third-order valence-corrected chi connectivity index (χ3v) is 7.17. The second kappa shape index (κ2) is 9.86. The van der Waals surface area contributed by atoms with Crippen LogP contribution in [0, 0.1) is 6.92 Å². The van der Waals surface area contributed by atoms with Gasteiger partial charge in [-0.3, -0.25) is 4.79 Å². The lowest BCUT2D eigenvalue weighted by atomic mass is 10.2. The lowest BCUT2D eigenvalue weighted by Gasteiger charge is -2.19. The molecule has 0 bridgehead atoms. The first-order chi connectivity index (χ1) is 13.3. The normalized spacial score (nSPS) is 11.9. The van der Waals surface area contributed by atoms with Crippen molar-refractivity contribution < 1.29 is 17.9 Å². The Hall–Kier alpha value is -2.16. The summed E-state index contributed by atoms with van der Waals surface area (Å²) in [6.45, 7) is 8.52. The first-order valence-electron chi connectivity index (χ1n) is 9.13. The van der Waals surface area contributed by atoms with Crippen molar-refractivity contribution in [3.05, 3.63) is 46.2 Å². The predicted octanol–water partition coefficient (Wildman–Crippen LogP) is 4.14. The Bertz CT molecular complexity index is 945. The molecule has 0 unspecified atom stereocenters. The lowest BCUT2D eigenvalue weighted by molar-refractivity contribution is -0.111. The van der Waals surface area contributed by atoms with Gasteiger partial charge in [0, 0.05) is 24.0 Å². The van der Waals surface area contributed by atoms with Gasteiger partial charge in [0.25, 0.3) is 0 Å². The van der Waals surface area contributed by atoms with Crippen LogP contribution in [0.2, 0.25) is 0 Å². The second-order valence-corrected chi connectivity index (χ2v) is 8.86. The van der Waals surface area contributed by atoms with Crippen molar-refractivity contribution in [2.24, 2.45) is 0 Å². The number of ether oxygens (including phenoxy) is 1. The zero-order valence-electron chi connectivity index (χ0n) is 16.6. The molecule has 1 heterocycles. The van der Waals surface area contributed by atoms with E-state index in [4.69, 9.17) is 4.74 Å². The third kappa shape index (κ3) is 5.21. The lowest BCUT2D eigenvalue weighted by Crippen LogP contribution is -2.30. The van der Waals surface area contributed by atoms with Crippen LogP contribution >= 0.6 is 11.3 Å². The van der Waals surface area contributed by atoms with Crippen molar-refractivity contribution in [2.45, 2.75) is 32.6 Å². The molecule has 2 rings (SSSR count). The Kier molecular flexibility index (Phi) is 7.79. The van der Waals surface area contributed by atoms with Gasteiger partial charge in [-0.05, 0) is 55.1 Å². The fourth-order valence-electron chi connectivity index (χ4n) is 2.64. The van der Waals surface area contributed by atoms with Crippen molar-refractivity contribution in [3.8, 4) is 5.75 Å². The van der Waals surface area contributed by atoms with Crippen molar-refractivity contribution in [2.75, 3.05) is 25.0 Å². The van der Waals surface area contributed by atoms with E-state index in [-0.39, 0.29) is 10.8 Å². The van der Waals surface area contributed by atoms with Crippen LogP contribution in [-0.2, 0) is 14.8 Å². The van der Waals surface area contributed by atoms with E-state index >= 15 is 0 Å². The van der Waals surface area contributed by atoms with Gasteiger partial charge in [-0.2, -0.15) is 4.31 Å². The molecule has 6 nitrogen and oxygen atoms in total. The largest absolute Gasteiger partial charge is 0.492 e. The van der Waals surface area contributed by atoms with E-state index in [9.17, 15) is 13.2 Å². The van der Waals surface area contributed by atoms with Gasteiger partial charge in [-0.15, -0.1) is 11.3 Å². The molecule has 0 saturated heterocycles. The number of rotatable bonds is 9. The molecular weight excluding hydrogens is 396 g/mol. The van der Waals surface area contributed by atoms with Gasteiger partial charge in [-0.1, -0.05) is 13.8 Å². The van der Waals surface area contributed by atoms with Gasteiger partial charge in [0.05, 0.1) is 17.2 Å². The highest BCUT2D eigenvalue weighted by Gasteiger charge is 2.23. The molecule has 1 aromatic carbocycles. The molecule has 1 amide bonds. The molecule has 28 heavy (non-hydrogen) atoms. The summed E-state index contributed by atoms with van der Waals surface area (Å²) in [5.41, 5.74) is 1.42. The summed E-state index contributed by atoms with van der Waals surface area (Å²) in [7, 11) is -3.63. The summed E-state index contributed by atoms with van der Waals surface area (Å²) in [5.74, 6) is 0.0705. The molecule has 0 aliphatic carbocycles. The number of sulfonamides is 1. The number of hydrogen-bond acceptors (Lipinski definition) is 5. The maximum atomic E-state index is 12.8. The molecule has 1 aromatic heterocycles. The fraction of sp³-hybridized carbons (Fsp3) is 0.350. The van der Waals surface area contributed by atoms with Gasteiger partial charge >= 0.3 is 0 Å². The number of hydrogen-bond donors (Lipinski definition) is 1. The average molecular weight is 423 g/mol. The first kappa shape index (κ1) is 22.1. The number of anilines is 1. The zero-order valence-corrected chi connectivity index (χ0v) is 18.2. The Morgan fingerprint density at radius 3 is 2.50 bits per heavy atom. The van der Waals surface area contributed by atoms with E-state index in [0.29, 0.717) is 31.1 Å². The topological polar surface area (TPSA) is 75.7 Å². The van der Waals surface area contributed by atoms with E-state index < -0.39 is 10.0 Å². The molecule has 0 aliphatic rings. The highest BCUT2D eigenvalue weighted by molar-refractivity contribution is 7.89. The van der Waals surface area contributed by atoms with Gasteiger partial charge in [0.2, 0.25) is 15.9 Å². The van der Waals surface area contributed by atoms with Crippen LogP contribution in [0.3, 0.4) is 0 Å². The highest BCUT2D eigenvalue weighted by Crippen LogP contribution is 2.29. The molecule has 0 saturated carbocycles. The molecule has 0 atom stereocenters. The standard InChI is InChI=1S/C20H26N2O4S2/c1-5-22(6-2)28(24,25)16-8-9-18(26-7-3)17(14-16)21-20(23)11-10-19-15(4)12-13-27-19/h8-14H,5-7H2,1-4H3,(H,21,23)/b11-10+. The van der Waals surface area contributed by atoms with Crippen LogP contribution in [0.4, 0.5) is 5.69 Å². The van der Waals surface area contributed by atoms with E-state index in [0.717, 1.165) is 10.4 Å². The van der Waals surface area contributed by atoms with Crippen LogP contribution in [0.5, 0.6) is 5.75 Å². The van der Waals surface area contributed by atoms with E-state index in [2.05, 4.69) is 5.32 Å². The SMILES string of the molecule is CCOc1ccc(S(=O)(=O)N(CC)CC)cc1NC(=O)/C=C/c1sccc1C. The number of carbonyl (C=O) groups is 1. The molecule has 152 valence electrons. The Morgan fingerprint density at radius 1 is 1.21 bits per heavy atom. The maximum Gasteiger partial charge on any atom is 0.248 e. The minimum atomic E-state index is -3.63. The van der Waals surface area contributed by atoms with Crippen LogP contribution in [-0.4, -0.2) is 38.3 Å². The van der Waals surface area contributed by atoms with Gasteiger partial charge in [0.15, 0.2) is 0 Å². The molecule has 2 aromatic rings. The van der Waals surface area contributed by atoms with E-state index in [1.807, 2.05) is 25.3 Å². The second-order valence-electron chi connectivity index (χ2n) is 5.97. The fourth-order valence-corrected chi connectivity index (χ4v) is 4.95. The van der Waals surface area contributed by atoms with Crippen molar-refractivity contribution in [3.63, 3.8) is 0 Å². The number of carbonyl (C=O) groups excluding carboxylic acids is 1. The van der Waals surface area contributed by atoms with Gasteiger partial charge < -0.3 is 10.1 Å². The summed E-state index contributed by atoms with van der Waals surface area (Å²) in [5, 5.41) is 4.70. The Balaban J connectivity index is 2.32. The summed E-state index contributed by atoms with van der Waals surface area (Å²) >= 11 is 1.55. The molecule has 0 radical (unpaired) electrons. The van der Waals surface area contributed by atoms with Crippen LogP contribution in [0.1, 0.15) is 31.2 Å². The molecule has 0 fully saturated rings. The number of amides is 1. The van der Waals surface area contributed by atoms with E-state index in [1.165, 1.54) is 22.5 Å². The number of thiophene rings is 1. The molecule has 0 spiro atoms. The molecule has 8 heteroatoms. The van der Waals surface area contributed by atoms with Crippen LogP contribution < -0.4 is 10.1 Å². The first-order valence-corrected chi connectivity index (χ1v) is 11.5. The summed E-state index contributed by atoms with van der Waals surface area (Å²) < 4.78 is 32.5. The van der Waals surface area contributed by atoms with Crippen molar-refractivity contribution in [1.82, 2.24) is 4.31 Å². The van der Waals surface area contributed by atoms with E-state index in [1.54, 1.807) is 37.3 Å². The zero-order chi connectivity index (χ0) is 20.7. The van der Waals surface area contributed by atoms with Gasteiger partial charge in [-0.25, -0.2) is 8.42 Å². The summed E-state index contributed by atoms with van der Waals surface area (Å²) in [6, 6.07) is 6.50. The predicted molar refractivity (Wildman–Crippen MR) is 114 cm³/mol. The molecule has 1 N–H and O–H groups in total. The quantitative estimate of drug-likeness (QED) is 0.616. The Labute approximate surface area is 170 Å². The van der Waals surface area contributed by atoms with Crippen LogP contribution in [0.25, 0.3) is 6.08 Å². The number of aryl methyl sites for hydroxylation is 1. The van der Waals surface area contributed by atoms with Gasteiger partial charge in [0.1, 0.15) is 5.75 Å². The molecular formula is C20H26N2O4S2. The average Bonchev–Trinajstić information content (AvgIpc) is 3.07. The monoisotopic (exact) mass is 422 g/mol. The van der Waals surface area contributed by atoms with Crippen molar-refractivity contribution >= 4 is 39.0 Å². The molecule has 0 aliphatic heterocycles. The Morgan fingerprint density at radius 2 is 1.93 bits per heavy atom. The highest BCUT2D eigenvalue weighted by atomic mass is 32.2. The minimum absolute atomic E-state index is 0.119. The van der Waals surface area contributed by atoms with Crippen LogP contribution in [0.15, 0.2) is 40.6 Å². The summed E-state index contributed by atoms with van der Waals surface area (Å²) in [4.78, 5) is 13.5. The number of nitrogens with zero attached hydrogens (tertiary/aromatic N) is 1. The third-order valence-electron chi connectivity index (χ3n) is 4.14. The minimum Gasteiger partial charge on any atom is -0.492 e.